The van der Waals surface area contributed by atoms with Gasteiger partial charge < -0.3 is 24.8 Å². The summed E-state index contributed by atoms with van der Waals surface area (Å²) in [4.78, 5) is 23.3. The fourth-order valence-corrected chi connectivity index (χ4v) is 9.35. The molecular weight excluding hydrogens is 835 g/mol. The maximum absolute atomic E-state index is 11.7. The molecule has 3 aliphatic heterocycles. The number of carbonyl (C=O) groups is 2. The molecule has 66 heavy (non-hydrogen) atoms. The number of aryl methyl sites for hydroxylation is 4. The number of fused-ring (bicyclic) bond motifs is 2. The Bertz CT molecular complexity index is 2800. The van der Waals surface area contributed by atoms with Crippen molar-refractivity contribution in [1.82, 2.24) is 49.8 Å². The third-order valence-electron chi connectivity index (χ3n) is 13.4. The lowest BCUT2D eigenvalue weighted by atomic mass is 9.94. The van der Waals surface area contributed by atoms with Crippen molar-refractivity contribution >= 4 is 33.6 Å². The van der Waals surface area contributed by atoms with Crippen LogP contribution in [0.4, 0.5) is 0 Å². The first-order valence-corrected chi connectivity index (χ1v) is 23.2. The number of amides is 2. The minimum Gasteiger partial charge on any atom is -0.490 e. The maximum atomic E-state index is 11.7. The molecule has 5 atom stereocenters. The second-order valence-corrected chi connectivity index (χ2v) is 19.6. The predicted octanol–water partition coefficient (Wildman–Crippen LogP) is 8.10. The molecule has 0 saturated carbocycles. The van der Waals surface area contributed by atoms with Crippen molar-refractivity contribution in [3.8, 4) is 39.8 Å². The molecule has 16 nitrogen and oxygen atoms in total. The number of nitrogens with one attached hydrogen (secondary N) is 2. The standard InChI is InChI=1S/C26H35N5O3.C22H26N6O2.C2H6/c1-15-24-20(29-30(15)7)8-17(9-21(24)33-16(2)18-10-23(32)27-12-18)19-13-28-31(14-19)22-11-25(3,4)34-26(22,5)6;1-13-21-18(26-27(13)5)6-15(17-10-25-28(11-17)22(3,4)12-23)7-19(21)30-14(2)16-8-20(29)24-9-16;1-2/h8-9,13-14,16,18,22H,10-12H2,1-7H3,(H,27,32);6-7,10-11,14,16H,8-9H2,1-5H3,(H,24,29);1-2H3/t16-,18-,22?;14-,16-;/m11./s1. The Balaban J connectivity index is 0.000000191. The molecule has 1 unspecified atom stereocenters. The molecule has 0 aliphatic carbocycles. The zero-order valence-electron chi connectivity index (χ0n) is 41.1. The van der Waals surface area contributed by atoms with Crippen molar-refractivity contribution in [1.29, 1.82) is 5.26 Å². The normalized spacial score (nSPS) is 20.8. The Morgan fingerprint density at radius 1 is 0.773 bits per heavy atom. The lowest BCUT2D eigenvalue weighted by molar-refractivity contribution is -0.120. The van der Waals surface area contributed by atoms with Crippen LogP contribution in [0.2, 0.25) is 0 Å². The maximum Gasteiger partial charge on any atom is 0.220 e. The number of hydrogen-bond acceptors (Lipinski definition) is 10. The highest BCUT2D eigenvalue weighted by Gasteiger charge is 2.47. The van der Waals surface area contributed by atoms with Crippen LogP contribution in [0.15, 0.2) is 49.1 Å². The Hall–Kier alpha value is -6.21. The minimum atomic E-state index is -0.736. The van der Waals surface area contributed by atoms with E-state index in [-0.39, 0.29) is 53.1 Å². The zero-order valence-corrected chi connectivity index (χ0v) is 41.1. The molecule has 2 amide bonds. The molecule has 3 fully saturated rings. The van der Waals surface area contributed by atoms with Crippen LogP contribution in [0.25, 0.3) is 44.1 Å². The van der Waals surface area contributed by atoms with E-state index in [9.17, 15) is 14.9 Å². The van der Waals surface area contributed by atoms with E-state index in [4.69, 9.17) is 24.4 Å². The van der Waals surface area contributed by atoms with E-state index < -0.39 is 5.54 Å². The van der Waals surface area contributed by atoms with Crippen molar-refractivity contribution in [2.75, 3.05) is 13.1 Å². The summed E-state index contributed by atoms with van der Waals surface area (Å²) in [5, 5.41) is 35.6. The lowest BCUT2D eigenvalue weighted by Gasteiger charge is -2.27. The van der Waals surface area contributed by atoms with E-state index in [2.05, 4.69) is 79.8 Å². The molecule has 7 heterocycles. The first-order valence-electron chi connectivity index (χ1n) is 23.2. The number of rotatable bonds is 10. The summed E-state index contributed by atoms with van der Waals surface area (Å²) in [5.74, 6) is 1.98. The van der Waals surface area contributed by atoms with E-state index in [1.807, 2.05) is 101 Å². The highest BCUT2D eigenvalue weighted by Crippen LogP contribution is 2.45. The van der Waals surface area contributed by atoms with Gasteiger partial charge in [0.2, 0.25) is 11.8 Å². The molecule has 0 spiro atoms. The Kier molecular flexibility index (Phi) is 13.2. The first kappa shape index (κ1) is 47.7. The van der Waals surface area contributed by atoms with E-state index in [0.717, 1.165) is 73.4 Å². The molecule has 2 aromatic carbocycles. The molecule has 16 heteroatoms. The first-order chi connectivity index (χ1) is 31.1. The van der Waals surface area contributed by atoms with Crippen LogP contribution >= 0.6 is 0 Å². The lowest BCUT2D eigenvalue weighted by Crippen LogP contribution is -2.31. The second-order valence-electron chi connectivity index (χ2n) is 19.6. The van der Waals surface area contributed by atoms with Crippen LogP contribution in [-0.4, -0.2) is 87.4 Å². The Labute approximate surface area is 387 Å². The summed E-state index contributed by atoms with van der Waals surface area (Å²) in [5.41, 5.74) is 6.40. The molecule has 4 aromatic heterocycles. The van der Waals surface area contributed by atoms with Crippen molar-refractivity contribution in [2.24, 2.45) is 25.9 Å². The molecular formula is C50H67N11O5. The predicted molar refractivity (Wildman–Crippen MR) is 255 cm³/mol. The molecule has 3 aliphatic rings. The summed E-state index contributed by atoms with van der Waals surface area (Å²) >= 11 is 0. The molecule has 6 aromatic rings. The van der Waals surface area contributed by atoms with E-state index in [0.29, 0.717) is 25.9 Å². The fourth-order valence-electron chi connectivity index (χ4n) is 9.35. The Morgan fingerprint density at radius 3 is 1.67 bits per heavy atom. The van der Waals surface area contributed by atoms with Gasteiger partial charge in [-0.25, -0.2) is 0 Å². The summed E-state index contributed by atoms with van der Waals surface area (Å²) in [6.45, 7) is 25.6. The molecule has 2 N–H and O–H groups in total. The quantitative estimate of drug-likeness (QED) is 0.136. The van der Waals surface area contributed by atoms with Crippen LogP contribution < -0.4 is 20.1 Å². The van der Waals surface area contributed by atoms with Gasteiger partial charge in [0.15, 0.2) is 0 Å². The third-order valence-corrected chi connectivity index (χ3v) is 13.4. The van der Waals surface area contributed by atoms with Crippen molar-refractivity contribution in [2.45, 2.75) is 137 Å². The van der Waals surface area contributed by atoms with Crippen LogP contribution in [0, 0.1) is 37.0 Å². The topological polar surface area (TPSA) is 181 Å². The average Bonchev–Trinajstić information content (AvgIpc) is 4.14. The number of ether oxygens (including phenoxy) is 3. The van der Waals surface area contributed by atoms with Crippen molar-refractivity contribution in [3.05, 3.63) is 60.4 Å². The third kappa shape index (κ3) is 9.54. The van der Waals surface area contributed by atoms with Gasteiger partial charge in [-0.15, -0.1) is 0 Å². The summed E-state index contributed by atoms with van der Waals surface area (Å²) in [6, 6.07) is 10.6. The average molecular weight is 902 g/mol. The van der Waals surface area contributed by atoms with Crippen molar-refractivity contribution in [3.63, 3.8) is 0 Å². The van der Waals surface area contributed by atoms with Gasteiger partial charge in [-0.1, -0.05) is 13.8 Å². The Morgan fingerprint density at radius 2 is 1.24 bits per heavy atom. The molecule has 9 rings (SSSR count). The van der Waals surface area contributed by atoms with Crippen LogP contribution in [0.5, 0.6) is 11.5 Å². The van der Waals surface area contributed by atoms with Gasteiger partial charge in [0.25, 0.3) is 0 Å². The number of hydrogen-bond donors (Lipinski definition) is 2. The van der Waals surface area contributed by atoms with Gasteiger partial charge in [-0.2, -0.15) is 25.7 Å². The monoisotopic (exact) mass is 902 g/mol. The van der Waals surface area contributed by atoms with Crippen LogP contribution in [0.3, 0.4) is 0 Å². The second kappa shape index (κ2) is 18.2. The van der Waals surface area contributed by atoms with E-state index >= 15 is 0 Å². The minimum absolute atomic E-state index is 0.0689. The van der Waals surface area contributed by atoms with Crippen LogP contribution in [0.1, 0.15) is 106 Å². The van der Waals surface area contributed by atoms with Gasteiger partial charge in [0.05, 0.1) is 57.5 Å². The van der Waals surface area contributed by atoms with Crippen LogP contribution in [-0.2, 0) is 34.0 Å². The number of aromatic nitrogens is 8. The molecule has 0 radical (unpaired) electrons. The highest BCUT2D eigenvalue weighted by molar-refractivity contribution is 5.93. The molecule has 3 saturated heterocycles. The van der Waals surface area contributed by atoms with Gasteiger partial charge in [-0.05, 0) is 105 Å². The largest absolute Gasteiger partial charge is 0.490 e. The number of nitrogens with zero attached hydrogens (tertiary/aromatic N) is 9. The summed E-state index contributed by atoms with van der Waals surface area (Å²) in [6.07, 6.45) is 9.28. The smallest absolute Gasteiger partial charge is 0.220 e. The van der Waals surface area contributed by atoms with E-state index in [1.54, 1.807) is 10.9 Å². The summed E-state index contributed by atoms with van der Waals surface area (Å²) in [7, 11) is 3.86. The van der Waals surface area contributed by atoms with Gasteiger partial charge in [0, 0.05) is 93.2 Å². The number of benzene rings is 2. The van der Waals surface area contributed by atoms with Crippen molar-refractivity contribution < 1.29 is 23.8 Å². The molecule has 0 bridgehead atoms. The number of carbonyl (C=O) groups excluding carboxylic acids is 2. The fraction of sp³-hybridized carbons (Fsp3) is 0.540. The van der Waals surface area contributed by atoms with E-state index in [1.165, 1.54) is 0 Å². The van der Waals surface area contributed by atoms with Gasteiger partial charge in [-0.3, -0.25) is 28.3 Å². The summed E-state index contributed by atoms with van der Waals surface area (Å²) < 4.78 is 26.6. The number of nitriles is 1. The zero-order chi connectivity index (χ0) is 48.0. The van der Waals surface area contributed by atoms with Gasteiger partial charge in [0.1, 0.15) is 29.2 Å². The van der Waals surface area contributed by atoms with Gasteiger partial charge >= 0.3 is 0 Å². The SMILES string of the molecule is CC.Cc1c2c(O[C@H](C)[C@H]3CNC(=O)C3)cc(-c3cnn(C(C)(C)C#N)c3)cc2nn1C.Cc1c2c(O[C@H](C)[C@H]3CNC(=O)C3)cc(-c3cnn(C4CC(C)(C)OC4(C)C)c3)cc2nn1C. The highest BCUT2D eigenvalue weighted by atomic mass is 16.5. The molecule has 352 valence electrons.